The van der Waals surface area contributed by atoms with Gasteiger partial charge in [0, 0.05) is 18.8 Å². The zero-order valence-electron chi connectivity index (χ0n) is 9.40. The average Bonchev–Trinajstić information content (AvgIpc) is 2.26. The number of carboxylic acids is 1. The molecule has 1 N–H and O–H groups in total. The minimum absolute atomic E-state index is 0.147. The van der Waals surface area contributed by atoms with E-state index in [1.54, 1.807) is 6.20 Å². The quantitative estimate of drug-likeness (QED) is 0.808. The van der Waals surface area contributed by atoms with Crippen molar-refractivity contribution >= 4 is 5.97 Å². The zero-order valence-corrected chi connectivity index (χ0v) is 9.40. The highest BCUT2D eigenvalue weighted by Crippen LogP contribution is 2.13. The first kappa shape index (κ1) is 12.3. The number of ether oxygens (including phenoxy) is 1. The van der Waals surface area contributed by atoms with Gasteiger partial charge in [-0.25, -0.2) is 4.79 Å². The average molecular weight is 225 g/mol. The summed E-state index contributed by atoms with van der Waals surface area (Å²) in [5.74, 6) is -0.942. The van der Waals surface area contributed by atoms with Crippen LogP contribution in [0.2, 0.25) is 0 Å². The summed E-state index contributed by atoms with van der Waals surface area (Å²) in [4.78, 5) is 22.0. The number of aryl methyl sites for hydroxylation is 1. The number of aromatic nitrogens is 1. The van der Waals surface area contributed by atoms with Gasteiger partial charge in [0.05, 0.1) is 5.69 Å². The molecular weight excluding hydrogens is 210 g/mol. The van der Waals surface area contributed by atoms with E-state index in [1.165, 1.54) is 6.07 Å². The van der Waals surface area contributed by atoms with Crippen LogP contribution in [0.15, 0.2) is 17.1 Å². The third kappa shape index (κ3) is 2.62. The third-order valence-corrected chi connectivity index (χ3v) is 2.25. The van der Waals surface area contributed by atoms with Crippen molar-refractivity contribution in [3.63, 3.8) is 0 Å². The van der Waals surface area contributed by atoms with Gasteiger partial charge < -0.3 is 14.4 Å². The molecule has 0 bridgehead atoms. The van der Waals surface area contributed by atoms with Crippen molar-refractivity contribution < 1.29 is 14.6 Å². The van der Waals surface area contributed by atoms with E-state index in [4.69, 9.17) is 9.84 Å². The van der Waals surface area contributed by atoms with E-state index in [2.05, 4.69) is 0 Å². The van der Waals surface area contributed by atoms with Crippen molar-refractivity contribution in [3.05, 3.63) is 28.2 Å². The standard InChI is InChI=1S/C11H15NO4/c1-3-8-11(16-7-10(14)15)9(13)5-6-12(8)4-2/h5-6H,3-4,7H2,1-2H3,(H,14,15). The van der Waals surface area contributed by atoms with Gasteiger partial charge in [-0.2, -0.15) is 0 Å². The molecule has 0 aliphatic rings. The Balaban J connectivity index is 3.13. The monoisotopic (exact) mass is 225 g/mol. The fourth-order valence-electron chi connectivity index (χ4n) is 1.54. The first-order valence-corrected chi connectivity index (χ1v) is 5.17. The smallest absolute Gasteiger partial charge is 0.341 e. The Hall–Kier alpha value is -1.78. The number of pyridine rings is 1. The summed E-state index contributed by atoms with van der Waals surface area (Å²) in [6.45, 7) is 4.07. The molecule has 1 aromatic rings. The van der Waals surface area contributed by atoms with Crippen LogP contribution in [0.3, 0.4) is 0 Å². The molecule has 0 unspecified atom stereocenters. The largest absolute Gasteiger partial charge is 0.479 e. The number of carboxylic acid groups (broad SMARTS) is 1. The molecule has 1 rings (SSSR count). The molecule has 0 spiro atoms. The van der Waals surface area contributed by atoms with Crippen molar-refractivity contribution in [2.24, 2.45) is 0 Å². The van der Waals surface area contributed by atoms with Gasteiger partial charge in [-0.1, -0.05) is 6.92 Å². The molecular formula is C11H15NO4. The van der Waals surface area contributed by atoms with Crippen molar-refractivity contribution in [1.82, 2.24) is 4.57 Å². The fraction of sp³-hybridized carbons (Fsp3) is 0.455. The third-order valence-electron chi connectivity index (χ3n) is 2.25. The molecule has 0 saturated heterocycles. The highest BCUT2D eigenvalue weighted by atomic mass is 16.5. The molecule has 1 heterocycles. The van der Waals surface area contributed by atoms with Gasteiger partial charge in [0.25, 0.3) is 0 Å². The molecule has 0 aliphatic carbocycles. The second-order valence-corrected chi connectivity index (χ2v) is 3.28. The Morgan fingerprint density at radius 2 is 2.19 bits per heavy atom. The zero-order chi connectivity index (χ0) is 12.1. The van der Waals surface area contributed by atoms with E-state index < -0.39 is 12.6 Å². The van der Waals surface area contributed by atoms with Crippen LogP contribution in [0.25, 0.3) is 0 Å². The molecule has 16 heavy (non-hydrogen) atoms. The van der Waals surface area contributed by atoms with Crippen LogP contribution in [0, 0.1) is 0 Å². The van der Waals surface area contributed by atoms with E-state index >= 15 is 0 Å². The summed E-state index contributed by atoms with van der Waals surface area (Å²) in [7, 11) is 0. The highest BCUT2D eigenvalue weighted by molar-refractivity contribution is 5.68. The number of hydrogen-bond acceptors (Lipinski definition) is 3. The summed E-state index contributed by atoms with van der Waals surface area (Å²) in [5, 5.41) is 8.52. The highest BCUT2D eigenvalue weighted by Gasteiger charge is 2.11. The lowest BCUT2D eigenvalue weighted by atomic mass is 10.2. The number of rotatable bonds is 5. The van der Waals surface area contributed by atoms with Crippen LogP contribution in [0.4, 0.5) is 0 Å². The topological polar surface area (TPSA) is 68.5 Å². The Morgan fingerprint density at radius 1 is 1.50 bits per heavy atom. The second kappa shape index (κ2) is 5.34. The predicted molar refractivity (Wildman–Crippen MR) is 58.9 cm³/mol. The van der Waals surface area contributed by atoms with Gasteiger partial charge in [0.2, 0.25) is 5.43 Å². The van der Waals surface area contributed by atoms with E-state index in [0.29, 0.717) is 13.0 Å². The lowest BCUT2D eigenvalue weighted by Gasteiger charge is -2.14. The summed E-state index contributed by atoms with van der Waals surface area (Å²) in [6, 6.07) is 1.39. The normalized spacial score (nSPS) is 10.1. The maximum Gasteiger partial charge on any atom is 0.341 e. The molecule has 0 radical (unpaired) electrons. The molecule has 0 fully saturated rings. The lowest BCUT2D eigenvalue weighted by Crippen LogP contribution is -2.19. The SMILES string of the molecule is CCc1c(OCC(=O)O)c(=O)ccn1CC. The molecule has 0 saturated carbocycles. The van der Waals surface area contributed by atoms with Crippen LogP contribution < -0.4 is 10.2 Å². The molecule has 0 amide bonds. The first-order valence-electron chi connectivity index (χ1n) is 5.17. The van der Waals surface area contributed by atoms with E-state index in [9.17, 15) is 9.59 Å². The van der Waals surface area contributed by atoms with Crippen molar-refractivity contribution in [1.29, 1.82) is 0 Å². The Morgan fingerprint density at radius 3 is 2.69 bits per heavy atom. The van der Waals surface area contributed by atoms with E-state index in [0.717, 1.165) is 5.69 Å². The number of carbonyl (C=O) groups is 1. The lowest BCUT2D eigenvalue weighted by molar-refractivity contribution is -0.139. The molecule has 5 heteroatoms. The van der Waals surface area contributed by atoms with Gasteiger partial charge in [-0.05, 0) is 13.3 Å². The summed E-state index contributed by atoms with van der Waals surface area (Å²) >= 11 is 0. The predicted octanol–water partition coefficient (Wildman–Crippen LogP) is 0.894. The Labute approximate surface area is 93.3 Å². The number of nitrogens with zero attached hydrogens (tertiary/aromatic N) is 1. The Kier molecular flexibility index (Phi) is 4.10. The van der Waals surface area contributed by atoms with Gasteiger partial charge >= 0.3 is 5.97 Å². The van der Waals surface area contributed by atoms with Gasteiger partial charge in [0.1, 0.15) is 0 Å². The summed E-state index contributed by atoms with van der Waals surface area (Å²) < 4.78 is 6.90. The van der Waals surface area contributed by atoms with Gasteiger partial charge in [-0.3, -0.25) is 4.79 Å². The minimum atomic E-state index is -1.09. The van der Waals surface area contributed by atoms with Gasteiger partial charge in [0.15, 0.2) is 12.4 Å². The molecule has 0 aromatic carbocycles. The van der Waals surface area contributed by atoms with Crippen LogP contribution in [0.5, 0.6) is 5.75 Å². The molecule has 88 valence electrons. The van der Waals surface area contributed by atoms with Crippen LogP contribution in [0.1, 0.15) is 19.5 Å². The Bertz CT molecular complexity index is 436. The number of aliphatic carboxylic acids is 1. The van der Waals surface area contributed by atoms with Gasteiger partial charge in [-0.15, -0.1) is 0 Å². The van der Waals surface area contributed by atoms with E-state index in [-0.39, 0.29) is 11.2 Å². The molecule has 1 aromatic heterocycles. The van der Waals surface area contributed by atoms with Crippen LogP contribution in [-0.4, -0.2) is 22.2 Å². The van der Waals surface area contributed by atoms with Crippen molar-refractivity contribution in [2.45, 2.75) is 26.8 Å². The summed E-state index contributed by atoms with van der Waals surface area (Å²) in [6.07, 6.45) is 2.31. The molecule has 5 nitrogen and oxygen atoms in total. The second-order valence-electron chi connectivity index (χ2n) is 3.28. The molecule has 0 aliphatic heterocycles. The van der Waals surface area contributed by atoms with Crippen molar-refractivity contribution in [3.8, 4) is 5.75 Å². The van der Waals surface area contributed by atoms with Crippen LogP contribution >= 0.6 is 0 Å². The maximum atomic E-state index is 11.5. The van der Waals surface area contributed by atoms with Crippen molar-refractivity contribution in [2.75, 3.05) is 6.61 Å². The minimum Gasteiger partial charge on any atom is -0.479 e. The molecule has 0 atom stereocenters. The fourth-order valence-corrected chi connectivity index (χ4v) is 1.54. The summed E-state index contributed by atoms with van der Waals surface area (Å²) in [5.41, 5.74) is 0.457. The maximum absolute atomic E-state index is 11.5. The van der Waals surface area contributed by atoms with E-state index in [1.807, 2.05) is 18.4 Å². The van der Waals surface area contributed by atoms with Crippen LogP contribution in [-0.2, 0) is 17.8 Å². The number of hydrogen-bond donors (Lipinski definition) is 1. The first-order chi connectivity index (χ1) is 7.60.